The molecule has 0 spiro atoms. The van der Waals surface area contributed by atoms with Crippen LogP contribution in [-0.2, 0) is 14.8 Å². The van der Waals surface area contributed by atoms with Crippen LogP contribution < -0.4 is 0 Å². The number of morpholine rings is 1. The van der Waals surface area contributed by atoms with Gasteiger partial charge in [-0.05, 0) is 6.92 Å². The Bertz CT molecular complexity index is 206. The maximum Gasteiger partial charge on any atom is 0.214 e. The molecule has 1 saturated heterocycles. The highest BCUT2D eigenvalue weighted by molar-refractivity contribution is 7.89. The minimum atomic E-state index is -3.08. The molecule has 5 heteroatoms. The fourth-order valence-electron chi connectivity index (χ4n) is 0.954. The molecule has 1 heterocycles. The largest absolute Gasteiger partial charge is 0.379 e. The van der Waals surface area contributed by atoms with Gasteiger partial charge >= 0.3 is 0 Å². The van der Waals surface area contributed by atoms with Crippen LogP contribution in [0.15, 0.2) is 0 Å². The van der Waals surface area contributed by atoms with Crippen molar-refractivity contribution in [3.8, 4) is 0 Å². The highest BCUT2D eigenvalue weighted by Gasteiger charge is 2.21. The molecule has 1 radical (unpaired) electrons. The molecule has 11 heavy (non-hydrogen) atoms. The van der Waals surface area contributed by atoms with Gasteiger partial charge in [-0.1, -0.05) is 0 Å². The summed E-state index contributed by atoms with van der Waals surface area (Å²) in [5.41, 5.74) is 0. The molecular weight excluding hydrogens is 166 g/mol. The van der Waals surface area contributed by atoms with Gasteiger partial charge in [0, 0.05) is 13.1 Å². The summed E-state index contributed by atoms with van der Waals surface area (Å²) in [7, 11) is -3.08. The molecule has 0 unspecified atom stereocenters. The monoisotopic (exact) mass is 178 g/mol. The summed E-state index contributed by atoms with van der Waals surface area (Å²) in [6.07, 6.45) is 0. The first kappa shape index (κ1) is 8.96. The van der Waals surface area contributed by atoms with Crippen molar-refractivity contribution in [2.45, 2.75) is 0 Å². The molecule has 0 atom stereocenters. The lowest BCUT2D eigenvalue weighted by Crippen LogP contribution is -2.41. The van der Waals surface area contributed by atoms with E-state index >= 15 is 0 Å². The molecule has 1 fully saturated rings. The number of hydrogen-bond acceptors (Lipinski definition) is 3. The second-order valence-electron chi connectivity index (χ2n) is 2.33. The van der Waals surface area contributed by atoms with Crippen molar-refractivity contribution in [3.63, 3.8) is 0 Å². The van der Waals surface area contributed by atoms with Crippen LogP contribution in [-0.4, -0.2) is 44.8 Å². The van der Waals surface area contributed by atoms with Gasteiger partial charge in [-0.25, -0.2) is 8.42 Å². The summed E-state index contributed by atoms with van der Waals surface area (Å²) in [6.45, 7) is 5.30. The summed E-state index contributed by atoms with van der Waals surface area (Å²) in [5.74, 6) is -0.0625. The SMILES string of the molecule is [CH2]CS(=O)(=O)N1CCOCC1. The first-order valence-corrected chi connectivity index (χ1v) is 5.12. The van der Waals surface area contributed by atoms with Crippen molar-refractivity contribution in [2.75, 3.05) is 32.1 Å². The van der Waals surface area contributed by atoms with E-state index in [1.807, 2.05) is 0 Å². The van der Waals surface area contributed by atoms with Crippen LogP contribution in [0, 0.1) is 6.92 Å². The van der Waals surface area contributed by atoms with Gasteiger partial charge in [0.05, 0.1) is 19.0 Å². The second-order valence-corrected chi connectivity index (χ2v) is 4.42. The number of nitrogens with zero attached hydrogens (tertiary/aromatic N) is 1. The number of ether oxygens (including phenoxy) is 1. The van der Waals surface area contributed by atoms with Gasteiger partial charge in [0.2, 0.25) is 10.0 Å². The fraction of sp³-hybridized carbons (Fsp3) is 0.833. The molecule has 0 N–H and O–H groups in total. The van der Waals surface area contributed by atoms with Crippen LogP contribution in [0.1, 0.15) is 0 Å². The maximum absolute atomic E-state index is 11.2. The van der Waals surface area contributed by atoms with Crippen molar-refractivity contribution < 1.29 is 13.2 Å². The number of hydrogen-bond donors (Lipinski definition) is 0. The van der Waals surface area contributed by atoms with E-state index < -0.39 is 10.0 Å². The average molecular weight is 178 g/mol. The maximum atomic E-state index is 11.2. The van der Waals surface area contributed by atoms with E-state index in [0.29, 0.717) is 26.3 Å². The second kappa shape index (κ2) is 3.51. The minimum Gasteiger partial charge on any atom is -0.379 e. The summed E-state index contributed by atoms with van der Waals surface area (Å²) in [6, 6.07) is 0. The molecule has 1 aliphatic heterocycles. The van der Waals surface area contributed by atoms with Gasteiger partial charge in [0.15, 0.2) is 0 Å². The molecule has 1 aliphatic rings. The zero-order valence-electron chi connectivity index (χ0n) is 6.32. The van der Waals surface area contributed by atoms with Gasteiger partial charge in [-0.2, -0.15) is 4.31 Å². The molecule has 0 aromatic rings. The minimum absolute atomic E-state index is 0.0625. The highest BCUT2D eigenvalue weighted by atomic mass is 32.2. The zero-order valence-corrected chi connectivity index (χ0v) is 7.14. The molecule has 0 aliphatic carbocycles. The Balaban J connectivity index is 2.58. The van der Waals surface area contributed by atoms with Crippen LogP contribution in [0.5, 0.6) is 0 Å². The van der Waals surface area contributed by atoms with E-state index in [1.165, 1.54) is 4.31 Å². The van der Waals surface area contributed by atoms with Crippen molar-refractivity contribution in [2.24, 2.45) is 0 Å². The average Bonchev–Trinajstić information content (AvgIpc) is 2.06. The van der Waals surface area contributed by atoms with Crippen LogP contribution in [0.3, 0.4) is 0 Å². The first-order valence-electron chi connectivity index (χ1n) is 3.51. The molecule has 0 bridgehead atoms. The fourth-order valence-corrected chi connectivity index (χ4v) is 1.92. The van der Waals surface area contributed by atoms with Gasteiger partial charge in [0.1, 0.15) is 0 Å². The highest BCUT2D eigenvalue weighted by Crippen LogP contribution is 2.04. The summed E-state index contributed by atoms with van der Waals surface area (Å²) < 4.78 is 28.8. The van der Waals surface area contributed by atoms with Gasteiger partial charge in [-0.3, -0.25) is 0 Å². The molecule has 0 saturated carbocycles. The lowest BCUT2D eigenvalue weighted by Gasteiger charge is -2.25. The van der Waals surface area contributed by atoms with Gasteiger partial charge < -0.3 is 4.74 Å². The number of sulfonamides is 1. The zero-order chi connectivity index (χ0) is 8.32. The predicted octanol–water partition coefficient (Wildman–Crippen LogP) is -0.518. The first-order chi connectivity index (χ1) is 5.17. The lowest BCUT2D eigenvalue weighted by molar-refractivity contribution is 0.0731. The normalized spacial score (nSPS) is 21.9. The molecule has 0 aromatic heterocycles. The third kappa shape index (κ3) is 2.15. The summed E-state index contributed by atoms with van der Waals surface area (Å²) in [4.78, 5) is 0. The molecular formula is C6H12NO3S. The van der Waals surface area contributed by atoms with Crippen LogP contribution in [0.2, 0.25) is 0 Å². The Morgan fingerprint density at radius 2 is 1.91 bits per heavy atom. The van der Waals surface area contributed by atoms with E-state index in [9.17, 15) is 8.42 Å². The molecule has 65 valence electrons. The summed E-state index contributed by atoms with van der Waals surface area (Å²) >= 11 is 0. The van der Waals surface area contributed by atoms with Gasteiger partial charge in [-0.15, -0.1) is 0 Å². The Morgan fingerprint density at radius 3 is 2.36 bits per heavy atom. The molecule has 4 nitrogen and oxygen atoms in total. The predicted molar refractivity (Wildman–Crippen MR) is 41.5 cm³/mol. The topological polar surface area (TPSA) is 46.6 Å². The Hall–Kier alpha value is -0.130. The molecule has 0 aromatic carbocycles. The van der Waals surface area contributed by atoms with E-state index in [2.05, 4.69) is 6.92 Å². The quantitative estimate of drug-likeness (QED) is 0.571. The van der Waals surface area contributed by atoms with Crippen molar-refractivity contribution in [1.29, 1.82) is 0 Å². The third-order valence-electron chi connectivity index (χ3n) is 1.62. The van der Waals surface area contributed by atoms with Crippen molar-refractivity contribution in [3.05, 3.63) is 6.92 Å². The van der Waals surface area contributed by atoms with Crippen molar-refractivity contribution in [1.82, 2.24) is 4.31 Å². The number of rotatable bonds is 2. The van der Waals surface area contributed by atoms with Crippen LogP contribution >= 0.6 is 0 Å². The third-order valence-corrected chi connectivity index (χ3v) is 3.29. The molecule has 0 amide bonds. The lowest BCUT2D eigenvalue weighted by atomic mass is 10.5. The Morgan fingerprint density at radius 1 is 1.36 bits per heavy atom. The van der Waals surface area contributed by atoms with E-state index in [1.54, 1.807) is 0 Å². The van der Waals surface area contributed by atoms with Crippen molar-refractivity contribution >= 4 is 10.0 Å². The van der Waals surface area contributed by atoms with E-state index in [0.717, 1.165) is 0 Å². The van der Waals surface area contributed by atoms with E-state index in [-0.39, 0.29) is 5.75 Å². The van der Waals surface area contributed by atoms with Crippen LogP contribution in [0.4, 0.5) is 0 Å². The summed E-state index contributed by atoms with van der Waals surface area (Å²) in [5, 5.41) is 0. The Kier molecular flexibility index (Phi) is 2.86. The molecule has 1 rings (SSSR count). The van der Waals surface area contributed by atoms with Gasteiger partial charge in [0.25, 0.3) is 0 Å². The smallest absolute Gasteiger partial charge is 0.214 e. The van der Waals surface area contributed by atoms with Crippen LogP contribution in [0.25, 0.3) is 0 Å². The van der Waals surface area contributed by atoms with E-state index in [4.69, 9.17) is 4.74 Å². The standard InChI is InChI=1S/C6H12NO3S/c1-2-11(8,9)7-3-5-10-6-4-7/h1-6H2. The Labute approximate surface area is 67.2 Å².